The van der Waals surface area contributed by atoms with Crippen LogP contribution in [0.3, 0.4) is 0 Å². The monoisotopic (exact) mass is 297 g/mol. The lowest BCUT2D eigenvalue weighted by Crippen LogP contribution is -2.13. The van der Waals surface area contributed by atoms with Crippen molar-refractivity contribution in [3.63, 3.8) is 0 Å². The highest BCUT2D eigenvalue weighted by Crippen LogP contribution is 2.23. The van der Waals surface area contributed by atoms with E-state index in [2.05, 4.69) is 5.32 Å². The molecule has 98 valence electrons. The molecule has 0 bridgehead atoms. The molecule has 0 aromatic heterocycles. The third-order valence-electron chi connectivity index (χ3n) is 2.55. The van der Waals surface area contributed by atoms with E-state index in [0.29, 0.717) is 10.6 Å². The van der Waals surface area contributed by atoms with Gasteiger partial charge in [0.25, 0.3) is 5.91 Å². The fourth-order valence-electron chi connectivity index (χ4n) is 1.55. The molecule has 2 rings (SSSR count). The van der Waals surface area contributed by atoms with Crippen molar-refractivity contribution in [2.45, 2.75) is 6.92 Å². The van der Waals surface area contributed by atoms with Crippen LogP contribution in [0.2, 0.25) is 10.0 Å². The van der Waals surface area contributed by atoms with Gasteiger partial charge in [-0.2, -0.15) is 0 Å². The van der Waals surface area contributed by atoms with Crippen LogP contribution in [0.4, 0.5) is 10.1 Å². The Bertz CT molecular complexity index is 643. The van der Waals surface area contributed by atoms with E-state index in [-0.39, 0.29) is 10.7 Å². The van der Waals surface area contributed by atoms with Gasteiger partial charge in [0.2, 0.25) is 0 Å². The Labute approximate surface area is 120 Å². The Hall–Kier alpha value is -1.58. The summed E-state index contributed by atoms with van der Waals surface area (Å²) >= 11 is 11.6. The van der Waals surface area contributed by atoms with E-state index in [0.717, 1.165) is 5.56 Å². The van der Waals surface area contributed by atoms with Crippen LogP contribution in [-0.4, -0.2) is 5.91 Å². The summed E-state index contributed by atoms with van der Waals surface area (Å²) in [6.07, 6.45) is 0. The molecule has 1 N–H and O–H groups in total. The van der Waals surface area contributed by atoms with Crippen LogP contribution in [-0.2, 0) is 0 Å². The lowest BCUT2D eigenvalue weighted by Gasteiger charge is -2.07. The second-order valence-corrected chi connectivity index (χ2v) is 4.88. The summed E-state index contributed by atoms with van der Waals surface area (Å²) in [5.41, 5.74) is 1.22. The van der Waals surface area contributed by atoms with Crippen molar-refractivity contribution in [3.05, 3.63) is 63.4 Å². The Morgan fingerprint density at radius 2 is 1.84 bits per heavy atom. The summed E-state index contributed by atoms with van der Waals surface area (Å²) < 4.78 is 13.6. The average Bonchev–Trinajstić information content (AvgIpc) is 2.36. The van der Waals surface area contributed by atoms with Gasteiger partial charge in [-0.3, -0.25) is 4.79 Å². The normalized spacial score (nSPS) is 10.3. The Kier molecular flexibility index (Phi) is 4.08. The molecule has 5 heteroatoms. The highest BCUT2D eigenvalue weighted by Gasteiger charge is 2.10. The Balaban J connectivity index is 2.23. The predicted molar refractivity (Wildman–Crippen MR) is 75.6 cm³/mol. The molecule has 0 atom stereocenters. The van der Waals surface area contributed by atoms with E-state index in [9.17, 15) is 9.18 Å². The van der Waals surface area contributed by atoms with Crippen LogP contribution < -0.4 is 5.32 Å². The van der Waals surface area contributed by atoms with Gasteiger partial charge in [0.15, 0.2) is 0 Å². The number of carbonyl (C=O) groups is 1. The van der Waals surface area contributed by atoms with Crippen LogP contribution >= 0.6 is 23.2 Å². The van der Waals surface area contributed by atoms with Gasteiger partial charge in [0.1, 0.15) is 5.82 Å². The maximum atomic E-state index is 13.6. The summed E-state index contributed by atoms with van der Waals surface area (Å²) in [4.78, 5) is 11.9. The predicted octanol–water partition coefficient (Wildman–Crippen LogP) is 4.69. The standard InChI is InChI=1S/C14H10Cl2FNO/c1-8-2-5-13(12(17)6-8)18-14(19)9-3-4-10(15)11(16)7-9/h2-7H,1H3,(H,18,19). The molecule has 19 heavy (non-hydrogen) atoms. The number of anilines is 1. The summed E-state index contributed by atoms with van der Waals surface area (Å²) in [5, 5.41) is 3.12. The Morgan fingerprint density at radius 3 is 2.47 bits per heavy atom. The second kappa shape index (κ2) is 5.59. The Morgan fingerprint density at radius 1 is 1.11 bits per heavy atom. The molecule has 0 radical (unpaired) electrons. The van der Waals surface area contributed by atoms with E-state index < -0.39 is 11.7 Å². The van der Waals surface area contributed by atoms with Gasteiger partial charge in [-0.1, -0.05) is 29.3 Å². The van der Waals surface area contributed by atoms with Crippen molar-refractivity contribution in [3.8, 4) is 0 Å². The van der Waals surface area contributed by atoms with Crippen LogP contribution in [0.15, 0.2) is 36.4 Å². The lowest BCUT2D eigenvalue weighted by molar-refractivity contribution is 0.102. The number of hydrogen-bond donors (Lipinski definition) is 1. The summed E-state index contributed by atoms with van der Waals surface area (Å²) in [6.45, 7) is 1.77. The average molecular weight is 298 g/mol. The zero-order chi connectivity index (χ0) is 14.0. The highest BCUT2D eigenvalue weighted by molar-refractivity contribution is 6.42. The van der Waals surface area contributed by atoms with E-state index in [1.165, 1.54) is 30.3 Å². The first-order chi connectivity index (χ1) is 8.97. The van der Waals surface area contributed by atoms with E-state index >= 15 is 0 Å². The molecule has 2 nitrogen and oxygen atoms in total. The van der Waals surface area contributed by atoms with Crippen LogP contribution in [0.1, 0.15) is 15.9 Å². The van der Waals surface area contributed by atoms with Gasteiger partial charge in [-0.05, 0) is 42.8 Å². The summed E-state index contributed by atoms with van der Waals surface area (Å²) in [7, 11) is 0. The topological polar surface area (TPSA) is 29.1 Å². The van der Waals surface area contributed by atoms with E-state index in [1.807, 2.05) is 0 Å². The third kappa shape index (κ3) is 3.25. The molecule has 0 aliphatic heterocycles. The summed E-state index contributed by atoms with van der Waals surface area (Å²) in [5.74, 6) is -0.922. The fraction of sp³-hybridized carbons (Fsp3) is 0.0714. The SMILES string of the molecule is Cc1ccc(NC(=O)c2ccc(Cl)c(Cl)c2)c(F)c1. The van der Waals surface area contributed by atoms with Crippen molar-refractivity contribution in [2.75, 3.05) is 5.32 Å². The molecule has 0 spiro atoms. The summed E-state index contributed by atoms with van der Waals surface area (Å²) in [6, 6.07) is 9.06. The third-order valence-corrected chi connectivity index (χ3v) is 3.29. The van der Waals surface area contributed by atoms with Crippen LogP contribution in [0, 0.1) is 12.7 Å². The van der Waals surface area contributed by atoms with Gasteiger partial charge in [0, 0.05) is 5.56 Å². The number of hydrogen-bond acceptors (Lipinski definition) is 1. The molecular weight excluding hydrogens is 288 g/mol. The van der Waals surface area contributed by atoms with E-state index in [1.54, 1.807) is 13.0 Å². The van der Waals surface area contributed by atoms with Gasteiger partial charge in [-0.25, -0.2) is 4.39 Å². The molecule has 0 unspecified atom stereocenters. The van der Waals surface area contributed by atoms with Gasteiger partial charge >= 0.3 is 0 Å². The largest absolute Gasteiger partial charge is 0.319 e. The molecule has 0 saturated carbocycles. The molecule has 0 aliphatic carbocycles. The molecule has 1 amide bonds. The molecule has 0 fully saturated rings. The first kappa shape index (κ1) is 13.8. The number of halogens is 3. The number of aryl methyl sites for hydroxylation is 1. The van der Waals surface area contributed by atoms with Gasteiger partial charge in [0.05, 0.1) is 15.7 Å². The molecule has 2 aromatic rings. The minimum absolute atomic E-state index is 0.127. The van der Waals surface area contributed by atoms with Crippen molar-refractivity contribution in [2.24, 2.45) is 0 Å². The maximum Gasteiger partial charge on any atom is 0.255 e. The van der Waals surface area contributed by atoms with Crippen molar-refractivity contribution in [1.82, 2.24) is 0 Å². The molecule has 0 saturated heterocycles. The van der Waals surface area contributed by atoms with E-state index in [4.69, 9.17) is 23.2 Å². The van der Waals surface area contributed by atoms with Crippen LogP contribution in [0.5, 0.6) is 0 Å². The second-order valence-electron chi connectivity index (χ2n) is 4.07. The quantitative estimate of drug-likeness (QED) is 0.856. The number of amides is 1. The van der Waals surface area contributed by atoms with Crippen molar-refractivity contribution in [1.29, 1.82) is 0 Å². The molecule has 2 aromatic carbocycles. The number of rotatable bonds is 2. The van der Waals surface area contributed by atoms with Gasteiger partial charge in [-0.15, -0.1) is 0 Å². The minimum Gasteiger partial charge on any atom is -0.319 e. The van der Waals surface area contributed by atoms with Crippen molar-refractivity contribution < 1.29 is 9.18 Å². The molecule has 0 heterocycles. The number of benzene rings is 2. The first-order valence-electron chi connectivity index (χ1n) is 5.50. The fourth-order valence-corrected chi connectivity index (χ4v) is 1.85. The smallest absolute Gasteiger partial charge is 0.255 e. The van der Waals surface area contributed by atoms with Crippen molar-refractivity contribution >= 4 is 34.8 Å². The first-order valence-corrected chi connectivity index (χ1v) is 6.25. The zero-order valence-corrected chi connectivity index (χ0v) is 11.5. The van der Waals surface area contributed by atoms with Gasteiger partial charge < -0.3 is 5.32 Å². The van der Waals surface area contributed by atoms with Crippen LogP contribution in [0.25, 0.3) is 0 Å². The highest BCUT2D eigenvalue weighted by atomic mass is 35.5. The molecule has 0 aliphatic rings. The molecular formula is C14H10Cl2FNO. The number of carbonyl (C=O) groups excluding carboxylic acids is 1. The number of nitrogens with one attached hydrogen (secondary N) is 1. The maximum absolute atomic E-state index is 13.6. The minimum atomic E-state index is -0.478. The lowest BCUT2D eigenvalue weighted by atomic mass is 10.2. The zero-order valence-electron chi connectivity index (χ0n) is 10.0.